The van der Waals surface area contributed by atoms with Crippen molar-refractivity contribution < 1.29 is 27.1 Å². The second kappa shape index (κ2) is 8.03. The van der Waals surface area contributed by atoms with Gasteiger partial charge in [0.15, 0.2) is 11.5 Å². The quantitative estimate of drug-likeness (QED) is 0.647. The van der Waals surface area contributed by atoms with Crippen LogP contribution in [0.15, 0.2) is 71.6 Å². The molecule has 1 aliphatic heterocycles. The van der Waals surface area contributed by atoms with Gasteiger partial charge in [0.25, 0.3) is 15.9 Å². The van der Waals surface area contributed by atoms with Crippen LogP contribution >= 0.6 is 0 Å². The lowest BCUT2D eigenvalue weighted by Crippen LogP contribution is -2.19. The van der Waals surface area contributed by atoms with E-state index in [0.717, 1.165) is 12.1 Å². The molecule has 0 bridgehead atoms. The lowest BCUT2D eigenvalue weighted by molar-refractivity contribution is 0.102. The van der Waals surface area contributed by atoms with Crippen LogP contribution in [0.4, 0.5) is 15.8 Å². The zero-order chi connectivity index (χ0) is 21.1. The number of anilines is 2. The molecule has 0 aliphatic carbocycles. The summed E-state index contributed by atoms with van der Waals surface area (Å²) in [5.41, 5.74) is 0.555. The first-order chi connectivity index (χ1) is 14.4. The number of nitrogens with one attached hydrogen (secondary N) is 2. The molecule has 9 heteroatoms. The maximum absolute atomic E-state index is 14.0. The number of ether oxygens (including phenoxy) is 2. The lowest BCUT2D eigenvalue weighted by Gasteiger charge is -2.19. The largest absolute Gasteiger partial charge is 0.486 e. The Morgan fingerprint density at radius 1 is 0.900 bits per heavy atom. The summed E-state index contributed by atoms with van der Waals surface area (Å²) in [6, 6.07) is 16.0. The first-order valence-electron chi connectivity index (χ1n) is 9.01. The van der Waals surface area contributed by atoms with E-state index in [4.69, 9.17) is 9.47 Å². The molecule has 30 heavy (non-hydrogen) atoms. The fourth-order valence-electron chi connectivity index (χ4n) is 2.95. The molecule has 1 heterocycles. The van der Waals surface area contributed by atoms with Gasteiger partial charge >= 0.3 is 0 Å². The number of fused-ring (bicyclic) bond motifs is 1. The highest BCUT2D eigenvalue weighted by Gasteiger charge is 2.22. The molecule has 0 fully saturated rings. The molecule has 2 N–H and O–H groups in total. The van der Waals surface area contributed by atoms with Crippen molar-refractivity contribution >= 4 is 27.3 Å². The van der Waals surface area contributed by atoms with Crippen LogP contribution in [-0.4, -0.2) is 27.5 Å². The Balaban J connectivity index is 1.59. The van der Waals surface area contributed by atoms with Gasteiger partial charge in [-0.1, -0.05) is 24.3 Å². The molecule has 4 rings (SSSR count). The Hall–Kier alpha value is -3.59. The first kappa shape index (κ1) is 19.7. The van der Waals surface area contributed by atoms with Crippen molar-refractivity contribution in [1.82, 2.24) is 0 Å². The number of benzene rings is 3. The molecular formula is C21H17FN2O5S. The lowest BCUT2D eigenvalue weighted by atomic mass is 10.1. The number of para-hydroxylation sites is 1. The zero-order valence-corrected chi connectivity index (χ0v) is 16.4. The number of hydrogen-bond donors (Lipinski definition) is 2. The van der Waals surface area contributed by atoms with Gasteiger partial charge in [-0.25, -0.2) is 12.8 Å². The van der Waals surface area contributed by atoms with Crippen LogP contribution in [0.25, 0.3) is 0 Å². The Kier molecular flexibility index (Phi) is 5.28. The molecule has 0 spiro atoms. The van der Waals surface area contributed by atoms with Crippen LogP contribution in [0.3, 0.4) is 0 Å². The Bertz CT molecular complexity index is 1210. The number of hydrogen-bond acceptors (Lipinski definition) is 5. The van der Waals surface area contributed by atoms with Crippen molar-refractivity contribution in [1.29, 1.82) is 0 Å². The van der Waals surface area contributed by atoms with Gasteiger partial charge in [-0.2, -0.15) is 0 Å². The van der Waals surface area contributed by atoms with Gasteiger partial charge in [0.05, 0.1) is 11.3 Å². The first-order valence-corrected chi connectivity index (χ1v) is 10.5. The maximum atomic E-state index is 14.0. The molecular weight excluding hydrogens is 411 g/mol. The number of carbonyl (C=O) groups is 1. The summed E-state index contributed by atoms with van der Waals surface area (Å²) < 4.78 is 52.4. The molecule has 1 amide bonds. The Morgan fingerprint density at radius 3 is 2.40 bits per heavy atom. The van der Waals surface area contributed by atoms with Crippen LogP contribution in [0.1, 0.15) is 10.4 Å². The zero-order valence-electron chi connectivity index (χ0n) is 15.6. The second-order valence-corrected chi connectivity index (χ2v) is 8.04. The predicted octanol–water partition coefficient (Wildman–Crippen LogP) is 3.65. The van der Waals surface area contributed by atoms with Crippen molar-refractivity contribution in [3.63, 3.8) is 0 Å². The summed E-state index contributed by atoms with van der Waals surface area (Å²) in [6.45, 7) is 0.860. The molecule has 0 radical (unpaired) electrons. The summed E-state index contributed by atoms with van der Waals surface area (Å²) in [4.78, 5) is 12.3. The SMILES string of the molecule is O=C(Nc1ccc2c(c1)OCCO2)c1ccccc1NS(=O)(=O)c1ccccc1F. The minimum absolute atomic E-state index is 0.0239. The number of carbonyl (C=O) groups excluding carboxylic acids is 1. The third-order valence-electron chi connectivity index (χ3n) is 4.34. The van der Waals surface area contributed by atoms with E-state index in [1.807, 2.05) is 0 Å². The van der Waals surface area contributed by atoms with Gasteiger partial charge < -0.3 is 14.8 Å². The Labute approximate surface area is 172 Å². The maximum Gasteiger partial charge on any atom is 0.264 e. The van der Waals surface area contributed by atoms with Crippen molar-refractivity contribution in [2.75, 3.05) is 23.3 Å². The molecule has 3 aromatic carbocycles. The van der Waals surface area contributed by atoms with E-state index in [2.05, 4.69) is 10.0 Å². The highest BCUT2D eigenvalue weighted by atomic mass is 32.2. The van der Waals surface area contributed by atoms with Crippen molar-refractivity contribution in [3.8, 4) is 11.5 Å². The monoisotopic (exact) mass is 428 g/mol. The van der Waals surface area contributed by atoms with Gasteiger partial charge in [0, 0.05) is 11.8 Å². The minimum Gasteiger partial charge on any atom is -0.486 e. The third kappa shape index (κ3) is 4.06. The topological polar surface area (TPSA) is 93.7 Å². The van der Waals surface area contributed by atoms with Gasteiger partial charge in [-0.15, -0.1) is 0 Å². The average molecular weight is 428 g/mol. The second-order valence-electron chi connectivity index (χ2n) is 6.39. The normalized spacial score (nSPS) is 12.8. The molecule has 0 aromatic heterocycles. The summed E-state index contributed by atoms with van der Waals surface area (Å²) in [6.07, 6.45) is 0. The van der Waals surface area contributed by atoms with Crippen LogP contribution in [0.5, 0.6) is 11.5 Å². The van der Waals surface area contributed by atoms with E-state index in [1.165, 1.54) is 24.3 Å². The van der Waals surface area contributed by atoms with Crippen molar-refractivity contribution in [2.24, 2.45) is 0 Å². The molecule has 0 saturated heterocycles. The van der Waals surface area contributed by atoms with E-state index >= 15 is 0 Å². The van der Waals surface area contributed by atoms with E-state index in [1.54, 1.807) is 30.3 Å². The van der Waals surface area contributed by atoms with Crippen molar-refractivity contribution in [2.45, 2.75) is 4.90 Å². The van der Waals surface area contributed by atoms with Crippen molar-refractivity contribution in [3.05, 3.63) is 78.1 Å². The molecule has 154 valence electrons. The molecule has 0 saturated carbocycles. The summed E-state index contributed by atoms with van der Waals surface area (Å²) in [7, 11) is -4.23. The summed E-state index contributed by atoms with van der Waals surface area (Å²) >= 11 is 0. The number of amides is 1. The van der Waals surface area contributed by atoms with Crippen LogP contribution in [0.2, 0.25) is 0 Å². The number of sulfonamides is 1. The van der Waals surface area contributed by atoms with Crippen LogP contribution in [-0.2, 0) is 10.0 Å². The predicted molar refractivity (Wildman–Crippen MR) is 109 cm³/mol. The standard InChI is InChI=1S/C21H17FN2O5S/c22-16-6-2-4-8-20(16)30(26,27)24-17-7-3-1-5-15(17)21(25)23-14-9-10-18-19(13-14)29-12-11-28-18/h1-10,13,24H,11-12H2,(H,23,25). The highest BCUT2D eigenvalue weighted by Crippen LogP contribution is 2.33. The highest BCUT2D eigenvalue weighted by molar-refractivity contribution is 7.92. The van der Waals surface area contributed by atoms with Crippen LogP contribution in [0, 0.1) is 5.82 Å². The molecule has 0 unspecified atom stereocenters. The third-order valence-corrected chi connectivity index (χ3v) is 5.74. The molecule has 1 aliphatic rings. The van der Waals surface area contributed by atoms with Gasteiger partial charge in [0.2, 0.25) is 0 Å². The number of halogens is 1. The van der Waals surface area contributed by atoms with E-state index in [9.17, 15) is 17.6 Å². The minimum atomic E-state index is -4.23. The molecule has 7 nitrogen and oxygen atoms in total. The summed E-state index contributed by atoms with van der Waals surface area (Å²) in [5, 5.41) is 2.70. The smallest absolute Gasteiger partial charge is 0.264 e. The number of rotatable bonds is 5. The van der Waals surface area contributed by atoms with Gasteiger partial charge in [-0.05, 0) is 36.4 Å². The molecule has 3 aromatic rings. The van der Waals surface area contributed by atoms with E-state index in [-0.39, 0.29) is 11.3 Å². The van der Waals surface area contributed by atoms with Crippen LogP contribution < -0.4 is 19.5 Å². The average Bonchev–Trinajstić information content (AvgIpc) is 2.74. The Morgan fingerprint density at radius 2 is 1.60 bits per heavy atom. The fraction of sp³-hybridized carbons (Fsp3) is 0.0952. The van der Waals surface area contributed by atoms with E-state index in [0.29, 0.717) is 30.4 Å². The molecule has 0 atom stereocenters. The van der Waals surface area contributed by atoms with E-state index < -0.39 is 26.6 Å². The van der Waals surface area contributed by atoms with Gasteiger partial charge in [-0.3, -0.25) is 9.52 Å². The summed E-state index contributed by atoms with van der Waals surface area (Å²) in [5.74, 6) is -0.341. The van der Waals surface area contributed by atoms with Gasteiger partial charge in [0.1, 0.15) is 23.9 Å². The fourth-order valence-corrected chi connectivity index (χ4v) is 4.11.